The monoisotopic (exact) mass is 232 g/mol. The Bertz CT molecular complexity index is 527. The molecule has 4 heteroatoms. The molecular weight excluding hydrogens is 220 g/mol. The number of nitriles is 1. The van der Waals surface area contributed by atoms with Crippen LogP contribution in [0.25, 0.3) is 10.2 Å². The summed E-state index contributed by atoms with van der Waals surface area (Å²) in [6, 6.07) is 7.80. The molecule has 1 aromatic heterocycles. The minimum Gasteiger partial charge on any atom is -0.494 e. The lowest BCUT2D eigenvalue weighted by molar-refractivity contribution is 0.310. The molecule has 2 rings (SSSR count). The summed E-state index contributed by atoms with van der Waals surface area (Å²) in [5.41, 5.74) is 0.865. The number of aromatic nitrogens is 1. The maximum absolute atomic E-state index is 8.75. The highest BCUT2D eigenvalue weighted by atomic mass is 32.1. The highest BCUT2D eigenvalue weighted by molar-refractivity contribution is 7.19. The van der Waals surface area contributed by atoms with Gasteiger partial charge in [0.15, 0.2) is 5.01 Å². The number of nitrogens with zero attached hydrogens (tertiary/aromatic N) is 2. The molecule has 3 nitrogen and oxygen atoms in total. The van der Waals surface area contributed by atoms with E-state index in [1.807, 2.05) is 18.2 Å². The van der Waals surface area contributed by atoms with E-state index in [1.165, 1.54) is 11.3 Å². The van der Waals surface area contributed by atoms with Crippen LogP contribution in [0, 0.1) is 11.3 Å². The molecular formula is C12H12N2OS. The fourth-order valence-electron chi connectivity index (χ4n) is 1.38. The van der Waals surface area contributed by atoms with E-state index in [2.05, 4.69) is 18.0 Å². The Kier molecular flexibility index (Phi) is 3.37. The molecule has 0 atom stereocenters. The lowest BCUT2D eigenvalue weighted by Gasteiger charge is -2.04. The zero-order chi connectivity index (χ0) is 11.4. The molecule has 16 heavy (non-hydrogen) atoms. The fraction of sp³-hybridized carbons (Fsp3) is 0.333. The first kappa shape index (κ1) is 10.9. The van der Waals surface area contributed by atoms with Crippen molar-refractivity contribution in [2.24, 2.45) is 0 Å². The van der Waals surface area contributed by atoms with E-state index >= 15 is 0 Å². The zero-order valence-electron chi connectivity index (χ0n) is 9.06. The average Bonchev–Trinajstić information content (AvgIpc) is 2.71. The highest BCUT2D eigenvalue weighted by Gasteiger charge is 2.04. The van der Waals surface area contributed by atoms with Gasteiger partial charge in [-0.3, -0.25) is 0 Å². The summed E-state index contributed by atoms with van der Waals surface area (Å²) < 4.78 is 6.60. The Morgan fingerprint density at radius 1 is 1.50 bits per heavy atom. The first-order chi connectivity index (χ1) is 7.83. The van der Waals surface area contributed by atoms with Gasteiger partial charge in [-0.05, 0) is 24.6 Å². The van der Waals surface area contributed by atoms with E-state index in [9.17, 15) is 0 Å². The first-order valence-electron chi connectivity index (χ1n) is 5.27. The van der Waals surface area contributed by atoms with Gasteiger partial charge in [0.1, 0.15) is 11.8 Å². The second kappa shape index (κ2) is 4.95. The van der Waals surface area contributed by atoms with Gasteiger partial charge < -0.3 is 4.74 Å². The molecule has 0 radical (unpaired) electrons. The molecule has 0 unspecified atom stereocenters. The van der Waals surface area contributed by atoms with Crippen molar-refractivity contribution >= 4 is 21.6 Å². The van der Waals surface area contributed by atoms with Crippen LogP contribution in [0.5, 0.6) is 5.75 Å². The van der Waals surface area contributed by atoms with Crippen LogP contribution < -0.4 is 4.74 Å². The number of benzene rings is 1. The second-order valence-electron chi connectivity index (χ2n) is 3.46. The zero-order valence-corrected chi connectivity index (χ0v) is 9.88. The van der Waals surface area contributed by atoms with Crippen LogP contribution in [0.2, 0.25) is 0 Å². The molecule has 0 spiro atoms. The molecule has 0 aliphatic rings. The third-order valence-electron chi connectivity index (χ3n) is 2.22. The lowest BCUT2D eigenvalue weighted by Crippen LogP contribution is -1.95. The van der Waals surface area contributed by atoms with Crippen molar-refractivity contribution < 1.29 is 4.74 Å². The molecule has 0 saturated carbocycles. The van der Waals surface area contributed by atoms with Gasteiger partial charge in [0.25, 0.3) is 0 Å². The predicted molar refractivity (Wildman–Crippen MR) is 64.7 cm³/mol. The number of hydrogen-bond donors (Lipinski definition) is 0. The van der Waals surface area contributed by atoms with Crippen LogP contribution in [0.15, 0.2) is 18.2 Å². The Balaban J connectivity index is 2.19. The normalized spacial score (nSPS) is 10.2. The molecule has 1 heterocycles. The van der Waals surface area contributed by atoms with E-state index in [1.54, 1.807) is 0 Å². The maximum atomic E-state index is 8.75. The summed E-state index contributed by atoms with van der Waals surface area (Å²) in [7, 11) is 0. The number of unbranched alkanes of at least 4 members (excludes halogenated alkanes) is 1. The standard InChI is InChI=1S/C12H12N2OS/c1-2-3-6-15-9-4-5-10-11(7-9)16-12(8-13)14-10/h4-5,7H,2-3,6H2,1H3. The van der Waals surface area contributed by atoms with Crippen molar-refractivity contribution in [2.75, 3.05) is 6.61 Å². The van der Waals surface area contributed by atoms with Gasteiger partial charge in [-0.15, -0.1) is 11.3 Å². The Hall–Kier alpha value is -1.60. The summed E-state index contributed by atoms with van der Waals surface area (Å²) in [5, 5.41) is 9.25. The van der Waals surface area contributed by atoms with Gasteiger partial charge in [-0.25, -0.2) is 4.98 Å². The molecule has 0 N–H and O–H groups in total. The molecule has 2 aromatic rings. The quantitative estimate of drug-likeness (QED) is 0.759. The molecule has 1 aromatic carbocycles. The van der Waals surface area contributed by atoms with Crippen molar-refractivity contribution in [2.45, 2.75) is 19.8 Å². The SMILES string of the molecule is CCCCOc1ccc2nc(C#N)sc2c1. The molecule has 0 aliphatic carbocycles. The van der Waals surface area contributed by atoms with Crippen LogP contribution in [0.3, 0.4) is 0 Å². The molecule has 0 saturated heterocycles. The highest BCUT2D eigenvalue weighted by Crippen LogP contribution is 2.26. The Morgan fingerprint density at radius 2 is 2.38 bits per heavy atom. The predicted octanol–water partition coefficient (Wildman–Crippen LogP) is 3.35. The van der Waals surface area contributed by atoms with Crippen molar-refractivity contribution in [1.29, 1.82) is 5.26 Å². The van der Waals surface area contributed by atoms with Gasteiger partial charge in [0.05, 0.1) is 16.8 Å². The Morgan fingerprint density at radius 3 is 3.12 bits per heavy atom. The van der Waals surface area contributed by atoms with Crippen LogP contribution in [-0.4, -0.2) is 11.6 Å². The number of ether oxygens (including phenoxy) is 1. The van der Waals surface area contributed by atoms with Gasteiger partial charge in [0.2, 0.25) is 0 Å². The summed E-state index contributed by atoms with van der Waals surface area (Å²) in [5.74, 6) is 0.856. The molecule has 82 valence electrons. The topological polar surface area (TPSA) is 45.9 Å². The molecule has 0 amide bonds. The van der Waals surface area contributed by atoms with Gasteiger partial charge in [-0.2, -0.15) is 5.26 Å². The molecule has 0 bridgehead atoms. The van der Waals surface area contributed by atoms with Crippen molar-refractivity contribution in [1.82, 2.24) is 4.98 Å². The van der Waals surface area contributed by atoms with Crippen molar-refractivity contribution in [3.63, 3.8) is 0 Å². The van der Waals surface area contributed by atoms with Gasteiger partial charge >= 0.3 is 0 Å². The maximum Gasteiger partial charge on any atom is 0.195 e. The second-order valence-corrected chi connectivity index (χ2v) is 4.49. The van der Waals surface area contributed by atoms with E-state index in [0.717, 1.165) is 35.4 Å². The summed E-state index contributed by atoms with van der Waals surface area (Å²) in [4.78, 5) is 4.17. The fourth-order valence-corrected chi connectivity index (χ4v) is 2.17. The number of thiazole rings is 1. The third-order valence-corrected chi connectivity index (χ3v) is 3.14. The van der Waals surface area contributed by atoms with E-state index in [-0.39, 0.29) is 0 Å². The third kappa shape index (κ3) is 2.31. The summed E-state index contributed by atoms with van der Waals surface area (Å²) in [6.45, 7) is 2.88. The minimum absolute atomic E-state index is 0.501. The first-order valence-corrected chi connectivity index (χ1v) is 6.08. The number of rotatable bonds is 4. The van der Waals surface area contributed by atoms with Gasteiger partial charge in [0, 0.05) is 0 Å². The van der Waals surface area contributed by atoms with Crippen LogP contribution >= 0.6 is 11.3 Å². The average molecular weight is 232 g/mol. The molecule has 0 aliphatic heterocycles. The number of fused-ring (bicyclic) bond motifs is 1. The van der Waals surface area contributed by atoms with E-state index in [4.69, 9.17) is 10.00 Å². The smallest absolute Gasteiger partial charge is 0.195 e. The summed E-state index contributed by atoms with van der Waals surface area (Å²) >= 11 is 1.40. The van der Waals surface area contributed by atoms with E-state index in [0.29, 0.717) is 5.01 Å². The van der Waals surface area contributed by atoms with Crippen molar-refractivity contribution in [3.05, 3.63) is 23.2 Å². The van der Waals surface area contributed by atoms with Crippen LogP contribution in [-0.2, 0) is 0 Å². The molecule has 0 fully saturated rings. The van der Waals surface area contributed by atoms with Gasteiger partial charge in [-0.1, -0.05) is 13.3 Å². The number of hydrogen-bond acceptors (Lipinski definition) is 4. The van der Waals surface area contributed by atoms with Crippen molar-refractivity contribution in [3.8, 4) is 11.8 Å². The largest absolute Gasteiger partial charge is 0.494 e. The van der Waals surface area contributed by atoms with E-state index < -0.39 is 0 Å². The minimum atomic E-state index is 0.501. The Labute approximate surface area is 98.3 Å². The summed E-state index contributed by atoms with van der Waals surface area (Å²) in [6.07, 6.45) is 2.19. The van der Waals surface area contributed by atoms with Crippen LogP contribution in [0.1, 0.15) is 24.8 Å². The van der Waals surface area contributed by atoms with Crippen LogP contribution in [0.4, 0.5) is 0 Å². The lowest BCUT2D eigenvalue weighted by atomic mass is 10.3.